The minimum absolute atomic E-state index is 0.308. The fourth-order valence-corrected chi connectivity index (χ4v) is 3.85. The molecule has 1 heterocycles. The Morgan fingerprint density at radius 3 is 2.21 bits per heavy atom. The van der Waals surface area contributed by atoms with Crippen molar-refractivity contribution in [2.45, 2.75) is 11.8 Å². The Morgan fingerprint density at radius 2 is 1.50 bits per heavy atom. The summed E-state index contributed by atoms with van der Waals surface area (Å²) in [5, 5.41) is 0. The Bertz CT molecular complexity index is 1300. The first kappa shape index (κ1) is 18.1. The molecular weight excluding hydrogens is 370 g/mol. The third-order valence-corrected chi connectivity index (χ3v) is 5.76. The summed E-state index contributed by atoms with van der Waals surface area (Å²) in [5.41, 5.74) is 12.4. The summed E-state index contributed by atoms with van der Waals surface area (Å²) in [5.74, 6) is 0. The van der Waals surface area contributed by atoms with Crippen LogP contribution in [0.4, 0.5) is 5.69 Å². The second kappa shape index (κ2) is 6.73. The number of nitrogens with zero attached hydrogens (tertiary/aromatic N) is 2. The summed E-state index contributed by atoms with van der Waals surface area (Å²) >= 11 is 0. The van der Waals surface area contributed by atoms with Crippen LogP contribution >= 0.6 is 0 Å². The maximum atomic E-state index is 11.8. The second-order valence-corrected chi connectivity index (χ2v) is 8.77. The van der Waals surface area contributed by atoms with Crippen LogP contribution in [0, 0.1) is 6.92 Å². The summed E-state index contributed by atoms with van der Waals surface area (Å²) in [6, 6.07) is 20.4. The largest absolute Gasteiger partial charge is 0.397 e. The van der Waals surface area contributed by atoms with Crippen molar-refractivity contribution >= 4 is 26.6 Å². The van der Waals surface area contributed by atoms with Crippen LogP contribution in [-0.4, -0.2) is 24.6 Å². The lowest BCUT2D eigenvalue weighted by molar-refractivity contribution is 0.602. The Hall–Kier alpha value is -3.25. The summed E-state index contributed by atoms with van der Waals surface area (Å²) in [7, 11) is -3.24. The van der Waals surface area contributed by atoms with E-state index in [1.807, 2.05) is 55.5 Å². The molecule has 5 nitrogen and oxygen atoms in total. The third kappa shape index (κ3) is 3.34. The molecule has 0 aliphatic rings. The third-order valence-electron chi connectivity index (χ3n) is 4.65. The fourth-order valence-electron chi connectivity index (χ4n) is 3.18. The van der Waals surface area contributed by atoms with Crippen LogP contribution in [0.5, 0.6) is 0 Å². The van der Waals surface area contributed by atoms with Gasteiger partial charge in [-0.2, -0.15) is 0 Å². The molecule has 0 saturated heterocycles. The molecule has 0 saturated carbocycles. The van der Waals surface area contributed by atoms with Crippen molar-refractivity contribution in [1.82, 2.24) is 9.97 Å². The van der Waals surface area contributed by atoms with Gasteiger partial charge in [-0.25, -0.2) is 18.4 Å². The molecule has 0 aliphatic carbocycles. The Labute approximate surface area is 163 Å². The predicted octanol–water partition coefficient (Wildman–Crippen LogP) is 4.26. The zero-order valence-corrected chi connectivity index (χ0v) is 16.4. The average molecular weight is 389 g/mol. The number of hydrogen-bond donors (Lipinski definition) is 1. The lowest BCUT2D eigenvalue weighted by Crippen LogP contribution is -1.98. The topological polar surface area (TPSA) is 85.9 Å². The van der Waals surface area contributed by atoms with Crippen molar-refractivity contribution in [3.63, 3.8) is 0 Å². The lowest BCUT2D eigenvalue weighted by atomic mass is 10.0. The highest BCUT2D eigenvalue weighted by Gasteiger charge is 2.11. The van der Waals surface area contributed by atoms with E-state index in [1.165, 1.54) is 6.26 Å². The van der Waals surface area contributed by atoms with Crippen molar-refractivity contribution < 1.29 is 8.42 Å². The Kier molecular flexibility index (Phi) is 4.35. The van der Waals surface area contributed by atoms with Gasteiger partial charge < -0.3 is 5.73 Å². The van der Waals surface area contributed by atoms with E-state index in [0.29, 0.717) is 16.1 Å². The van der Waals surface area contributed by atoms with Crippen molar-refractivity contribution in [1.29, 1.82) is 0 Å². The Balaban J connectivity index is 1.75. The van der Waals surface area contributed by atoms with Crippen molar-refractivity contribution in [2.24, 2.45) is 0 Å². The number of anilines is 1. The van der Waals surface area contributed by atoms with Gasteiger partial charge in [0.25, 0.3) is 0 Å². The first-order valence-corrected chi connectivity index (χ1v) is 10.7. The fraction of sp³-hybridized carbons (Fsp3) is 0.0909. The molecule has 3 aromatic carbocycles. The maximum absolute atomic E-state index is 11.8. The summed E-state index contributed by atoms with van der Waals surface area (Å²) in [6.07, 6.45) is 1.21. The molecule has 2 N–H and O–H groups in total. The van der Waals surface area contributed by atoms with Gasteiger partial charge >= 0.3 is 0 Å². The molecular formula is C22H19N3O2S. The van der Waals surface area contributed by atoms with Gasteiger partial charge in [0.1, 0.15) is 5.52 Å². The SMILES string of the molecule is Cc1nc2c(N)cccc2nc1-c1ccc(-c2cccc(S(C)(=O)=O)c2)cc1. The van der Waals surface area contributed by atoms with E-state index in [-0.39, 0.29) is 0 Å². The number of para-hydroxylation sites is 1. The summed E-state index contributed by atoms with van der Waals surface area (Å²) in [6.45, 7) is 1.91. The normalized spacial score (nSPS) is 11.6. The number of aryl methyl sites for hydroxylation is 1. The number of fused-ring (bicyclic) bond motifs is 1. The number of hydrogen-bond acceptors (Lipinski definition) is 5. The lowest BCUT2D eigenvalue weighted by Gasteiger charge is -2.09. The number of sulfone groups is 1. The van der Waals surface area contributed by atoms with Gasteiger partial charge in [0.2, 0.25) is 0 Å². The smallest absolute Gasteiger partial charge is 0.175 e. The van der Waals surface area contributed by atoms with Gasteiger partial charge in [-0.05, 0) is 42.3 Å². The molecule has 4 rings (SSSR count). The van der Waals surface area contributed by atoms with Crippen LogP contribution in [0.1, 0.15) is 5.69 Å². The molecule has 0 aliphatic heterocycles. The molecule has 140 valence electrons. The minimum atomic E-state index is -3.24. The molecule has 0 fully saturated rings. The first-order chi connectivity index (χ1) is 13.3. The predicted molar refractivity (Wildman–Crippen MR) is 113 cm³/mol. The van der Waals surface area contributed by atoms with Crippen LogP contribution in [0.25, 0.3) is 33.4 Å². The standard InChI is InChI=1S/C22H19N3O2S/c1-14-21(25-20-8-4-7-19(23)22(20)24-14)16-11-9-15(10-12-16)17-5-3-6-18(13-17)28(2,26)27/h3-13H,23H2,1-2H3. The van der Waals surface area contributed by atoms with E-state index < -0.39 is 9.84 Å². The van der Waals surface area contributed by atoms with Gasteiger partial charge in [-0.3, -0.25) is 0 Å². The zero-order chi connectivity index (χ0) is 19.9. The van der Waals surface area contributed by atoms with Gasteiger partial charge in [0, 0.05) is 11.8 Å². The molecule has 0 unspecified atom stereocenters. The summed E-state index contributed by atoms with van der Waals surface area (Å²) in [4.78, 5) is 9.66. The molecule has 0 spiro atoms. The highest BCUT2D eigenvalue weighted by molar-refractivity contribution is 7.90. The van der Waals surface area contributed by atoms with E-state index in [2.05, 4.69) is 4.98 Å². The number of aromatic nitrogens is 2. The van der Waals surface area contributed by atoms with Gasteiger partial charge in [-0.15, -0.1) is 0 Å². The van der Waals surface area contributed by atoms with Crippen LogP contribution in [0.15, 0.2) is 71.6 Å². The van der Waals surface area contributed by atoms with Crippen molar-refractivity contribution in [2.75, 3.05) is 12.0 Å². The Morgan fingerprint density at radius 1 is 0.821 bits per heavy atom. The molecule has 0 atom stereocenters. The highest BCUT2D eigenvalue weighted by Crippen LogP contribution is 2.28. The van der Waals surface area contributed by atoms with Gasteiger partial charge in [-0.1, -0.05) is 42.5 Å². The van der Waals surface area contributed by atoms with E-state index in [4.69, 9.17) is 10.7 Å². The van der Waals surface area contributed by atoms with Gasteiger partial charge in [0.05, 0.1) is 27.5 Å². The number of nitrogens with two attached hydrogens (primary N) is 1. The molecule has 1 aromatic heterocycles. The van der Waals surface area contributed by atoms with Crippen molar-refractivity contribution in [3.05, 3.63) is 72.4 Å². The quantitative estimate of drug-likeness (QED) is 0.529. The summed E-state index contributed by atoms with van der Waals surface area (Å²) < 4.78 is 23.6. The van der Waals surface area contributed by atoms with Crippen molar-refractivity contribution in [3.8, 4) is 22.4 Å². The van der Waals surface area contributed by atoms with Gasteiger partial charge in [0.15, 0.2) is 9.84 Å². The molecule has 28 heavy (non-hydrogen) atoms. The van der Waals surface area contributed by atoms with Crippen LogP contribution in [0.2, 0.25) is 0 Å². The monoisotopic (exact) mass is 389 g/mol. The maximum Gasteiger partial charge on any atom is 0.175 e. The molecule has 0 bridgehead atoms. The zero-order valence-electron chi connectivity index (χ0n) is 15.5. The molecule has 4 aromatic rings. The van der Waals surface area contributed by atoms with E-state index >= 15 is 0 Å². The van der Waals surface area contributed by atoms with E-state index in [9.17, 15) is 8.42 Å². The number of rotatable bonds is 3. The minimum Gasteiger partial charge on any atom is -0.397 e. The number of benzene rings is 3. The van der Waals surface area contributed by atoms with Crippen LogP contribution in [0.3, 0.4) is 0 Å². The average Bonchev–Trinajstić information content (AvgIpc) is 2.68. The van der Waals surface area contributed by atoms with E-state index in [0.717, 1.165) is 33.6 Å². The van der Waals surface area contributed by atoms with Crippen LogP contribution in [-0.2, 0) is 9.84 Å². The molecule has 6 heteroatoms. The second-order valence-electron chi connectivity index (χ2n) is 6.75. The molecule has 0 amide bonds. The molecule has 0 radical (unpaired) electrons. The van der Waals surface area contributed by atoms with E-state index in [1.54, 1.807) is 18.2 Å². The van der Waals surface area contributed by atoms with Crippen LogP contribution < -0.4 is 5.73 Å². The first-order valence-electron chi connectivity index (χ1n) is 8.77. The highest BCUT2D eigenvalue weighted by atomic mass is 32.2. The number of nitrogen functional groups attached to an aromatic ring is 1.